The average molecular weight is 904 g/mol. The summed E-state index contributed by atoms with van der Waals surface area (Å²) in [5.41, 5.74) is -0.885. The molecule has 3 aromatic rings. The number of rotatable bonds is 11. The number of sulfonamides is 1. The highest BCUT2D eigenvalue weighted by Gasteiger charge is 2.61. The van der Waals surface area contributed by atoms with Crippen molar-refractivity contribution in [2.45, 2.75) is 135 Å². The Bertz CT molecular complexity index is 2410. The van der Waals surface area contributed by atoms with Crippen LogP contribution in [0.1, 0.15) is 106 Å². The molecule has 346 valence electrons. The van der Waals surface area contributed by atoms with Gasteiger partial charge in [0, 0.05) is 23.8 Å². The number of fused-ring (bicyclic) bond motifs is 3. The third kappa shape index (κ3) is 10.7. The molecule has 4 aliphatic rings. The van der Waals surface area contributed by atoms with Crippen LogP contribution in [-0.2, 0) is 33.9 Å². The van der Waals surface area contributed by atoms with E-state index in [0.29, 0.717) is 47.9 Å². The highest BCUT2D eigenvalue weighted by molar-refractivity contribution is 7.90. The van der Waals surface area contributed by atoms with Gasteiger partial charge in [0.25, 0.3) is 0 Å². The van der Waals surface area contributed by atoms with Gasteiger partial charge in [0.05, 0.1) is 54.5 Å². The Morgan fingerprint density at radius 3 is 2.41 bits per heavy atom. The molecule has 2 amide bonds. The second kappa shape index (κ2) is 18.4. The van der Waals surface area contributed by atoms with E-state index in [4.69, 9.17) is 23.9 Å². The predicted molar refractivity (Wildman–Crippen MR) is 240 cm³/mol. The number of benzene rings is 2. The fourth-order valence-electron chi connectivity index (χ4n) is 9.30. The number of ether oxygens (including phenoxy) is 4. The molecule has 3 fully saturated rings. The molecular formula is C49H62FN3O10S. The molecule has 1 saturated heterocycles. The van der Waals surface area contributed by atoms with Gasteiger partial charge in [0.15, 0.2) is 17.3 Å². The van der Waals surface area contributed by atoms with E-state index in [1.807, 2.05) is 57.2 Å². The molecule has 15 heteroatoms. The van der Waals surface area contributed by atoms with Crippen LogP contribution in [0.4, 0.5) is 4.39 Å². The Kier molecular flexibility index (Phi) is 13.5. The van der Waals surface area contributed by atoms with Crippen LogP contribution in [0.5, 0.6) is 17.4 Å². The first-order valence-electron chi connectivity index (χ1n) is 22.6. The maximum Gasteiger partial charge on any atom is 0.307 e. The molecule has 7 atom stereocenters. The van der Waals surface area contributed by atoms with Crippen LogP contribution in [0, 0.1) is 34.9 Å². The third-order valence-electron chi connectivity index (χ3n) is 12.8. The lowest BCUT2D eigenvalue weighted by molar-refractivity contribution is -0.160. The molecule has 2 saturated carbocycles. The monoisotopic (exact) mass is 903 g/mol. The molecule has 2 aromatic carbocycles. The van der Waals surface area contributed by atoms with Crippen molar-refractivity contribution in [3.63, 3.8) is 0 Å². The summed E-state index contributed by atoms with van der Waals surface area (Å²) in [5, 5.41) is 0.276. The lowest BCUT2D eigenvalue weighted by Gasteiger charge is -2.32. The number of carbonyl (C=O) groups excluding carboxylic acids is 4. The van der Waals surface area contributed by atoms with Crippen LogP contribution in [0.2, 0.25) is 0 Å². The maximum absolute atomic E-state index is 15.4. The summed E-state index contributed by atoms with van der Waals surface area (Å²) >= 11 is 0. The number of allylic oxidation sites excluding steroid dienone is 2. The second-order valence-electron chi connectivity index (χ2n) is 19.7. The number of Topliss-reactive ketones (excluding diaryl/α,β-unsaturated/α-hetero) is 1. The summed E-state index contributed by atoms with van der Waals surface area (Å²) in [5.74, 6) is -3.31. The van der Waals surface area contributed by atoms with Crippen molar-refractivity contribution in [1.82, 2.24) is 14.6 Å². The summed E-state index contributed by atoms with van der Waals surface area (Å²) in [6, 6.07) is 10.9. The molecule has 1 aromatic heterocycles. The van der Waals surface area contributed by atoms with Crippen molar-refractivity contribution in [3.05, 3.63) is 60.4 Å². The van der Waals surface area contributed by atoms with Crippen LogP contribution >= 0.6 is 0 Å². The minimum absolute atomic E-state index is 0.000365. The van der Waals surface area contributed by atoms with E-state index in [1.54, 1.807) is 32.9 Å². The Morgan fingerprint density at radius 1 is 1.03 bits per heavy atom. The molecule has 1 N–H and O–H groups in total. The number of ketones is 1. The van der Waals surface area contributed by atoms with Crippen LogP contribution in [0.15, 0.2) is 54.6 Å². The lowest BCUT2D eigenvalue weighted by atomic mass is 9.82. The molecular weight excluding hydrogens is 842 g/mol. The number of nitrogens with zero attached hydrogens (tertiary/aromatic N) is 2. The van der Waals surface area contributed by atoms with Gasteiger partial charge in [-0.05, 0) is 139 Å². The van der Waals surface area contributed by atoms with Gasteiger partial charge in [-0.15, -0.1) is 0 Å². The van der Waals surface area contributed by atoms with Crippen molar-refractivity contribution in [2.24, 2.45) is 29.1 Å². The van der Waals surface area contributed by atoms with E-state index in [2.05, 4.69) is 11.6 Å². The first-order chi connectivity index (χ1) is 30.2. The first kappa shape index (κ1) is 46.9. The molecule has 0 unspecified atom stereocenters. The maximum atomic E-state index is 15.4. The number of hydrogen-bond donors (Lipinski definition) is 1. The average Bonchev–Trinajstić information content (AvgIpc) is 4.14. The highest BCUT2D eigenvalue weighted by atomic mass is 32.2. The van der Waals surface area contributed by atoms with Crippen molar-refractivity contribution < 1.29 is 50.9 Å². The van der Waals surface area contributed by atoms with Crippen LogP contribution in [0.25, 0.3) is 22.0 Å². The van der Waals surface area contributed by atoms with E-state index in [9.17, 15) is 22.8 Å². The minimum Gasteiger partial charge on any atom is -0.494 e. The number of carbonyl (C=O) groups is 4. The Hall–Kier alpha value is -5.05. The quantitative estimate of drug-likeness (QED) is 0.146. The van der Waals surface area contributed by atoms with Crippen molar-refractivity contribution in [1.29, 1.82) is 0 Å². The third-order valence-corrected chi connectivity index (χ3v) is 14.7. The summed E-state index contributed by atoms with van der Waals surface area (Å²) < 4.78 is 67.4. The van der Waals surface area contributed by atoms with E-state index >= 15 is 9.18 Å². The normalized spacial score (nSPS) is 27.2. The van der Waals surface area contributed by atoms with Gasteiger partial charge in [0.2, 0.25) is 27.7 Å². The zero-order valence-electron chi connectivity index (χ0n) is 38.1. The lowest BCUT2D eigenvalue weighted by Crippen LogP contribution is -2.47. The number of methoxy groups -OCH3 is 1. The summed E-state index contributed by atoms with van der Waals surface area (Å²) in [7, 11) is -2.54. The Morgan fingerprint density at radius 2 is 1.75 bits per heavy atom. The minimum atomic E-state index is -3.91. The number of halogens is 1. The van der Waals surface area contributed by atoms with Gasteiger partial charge in [-0.1, -0.05) is 26.0 Å². The zero-order valence-corrected chi connectivity index (χ0v) is 39.0. The molecule has 7 rings (SSSR count). The van der Waals surface area contributed by atoms with Gasteiger partial charge in [-0.3, -0.25) is 23.9 Å². The number of esters is 1. The molecule has 0 bridgehead atoms. The standard InChI is InChI=1S/C49H62FN3O10S/c1-28(2)61-34-15-13-31(14-16-34)40-20-32-21-43(60-8)39(50)23-38(32)45(51-40)62-35-22-41-42(54)26-49(47(57)52-64(58,59)36-17-18-36)25-33(49)12-10-9-11-29(3)19-30(4)37(46(56)53(41)27-35)24-44(55)63-48(5,6)7/h10,12-16,20-21,23,28-30,33,35-37,41H,9,11,17-19,22,24-27H2,1-8H3,(H,52,57)/b12-10-/t29-,30+,33+,35+,37-,41-,49+/m0/s1. The number of pyridine rings is 1. The number of hydrogen-bond acceptors (Lipinski definition) is 11. The van der Waals surface area contributed by atoms with E-state index in [1.165, 1.54) is 18.1 Å². The Labute approximate surface area is 375 Å². The van der Waals surface area contributed by atoms with Gasteiger partial charge in [-0.2, -0.15) is 0 Å². The van der Waals surface area contributed by atoms with Crippen molar-refractivity contribution in [2.75, 3.05) is 13.7 Å². The molecule has 2 aliphatic carbocycles. The Balaban J connectivity index is 1.27. The smallest absolute Gasteiger partial charge is 0.307 e. The summed E-state index contributed by atoms with van der Waals surface area (Å²) in [4.78, 5) is 63.8. The summed E-state index contributed by atoms with van der Waals surface area (Å²) in [6.45, 7) is 13.1. The van der Waals surface area contributed by atoms with Crippen LogP contribution in [-0.4, -0.2) is 84.6 Å². The zero-order chi connectivity index (χ0) is 46.3. The van der Waals surface area contributed by atoms with Crippen molar-refractivity contribution in [3.8, 4) is 28.6 Å². The SMILES string of the molecule is COc1cc2cc(-c3ccc(OC(C)C)cc3)nc(O[C@@H]3C[C@H]4C(=O)C[C@]5(C(=O)NS(=O)(=O)C6CC6)C[C@H]5/C=C\CC[C@H](C)C[C@@H](C)[C@H](CC(=O)OC(C)(C)C)C(=O)N4C3)c2cc1F. The molecule has 64 heavy (non-hydrogen) atoms. The van der Waals surface area contributed by atoms with Gasteiger partial charge < -0.3 is 23.8 Å². The number of aromatic nitrogens is 1. The number of nitrogens with one attached hydrogen (secondary N) is 1. The molecule has 3 heterocycles. The van der Waals surface area contributed by atoms with Crippen LogP contribution < -0.4 is 18.9 Å². The van der Waals surface area contributed by atoms with Gasteiger partial charge in [-0.25, -0.2) is 17.8 Å². The van der Waals surface area contributed by atoms with E-state index in [-0.39, 0.29) is 67.7 Å². The van der Waals surface area contributed by atoms with Gasteiger partial charge >= 0.3 is 5.97 Å². The molecule has 2 aliphatic heterocycles. The van der Waals surface area contributed by atoms with Crippen molar-refractivity contribution >= 4 is 44.4 Å². The molecule has 13 nitrogen and oxygen atoms in total. The fraction of sp³-hybridized carbons (Fsp3) is 0.571. The predicted octanol–water partition coefficient (Wildman–Crippen LogP) is 8.12. The fourth-order valence-corrected chi connectivity index (χ4v) is 10.7. The van der Waals surface area contributed by atoms with Gasteiger partial charge in [0.1, 0.15) is 17.5 Å². The highest BCUT2D eigenvalue weighted by Crippen LogP contribution is 2.57. The van der Waals surface area contributed by atoms with E-state index < -0.39 is 73.7 Å². The second-order valence-corrected chi connectivity index (χ2v) is 21.7. The van der Waals surface area contributed by atoms with E-state index in [0.717, 1.165) is 12.0 Å². The van der Waals surface area contributed by atoms with Crippen LogP contribution in [0.3, 0.4) is 0 Å². The topological polar surface area (TPSA) is 167 Å². The summed E-state index contributed by atoms with van der Waals surface area (Å²) in [6.07, 6.45) is 5.82. The molecule has 0 spiro atoms. The molecule has 0 radical (unpaired) electrons. The first-order valence-corrected chi connectivity index (χ1v) is 24.1. The number of amides is 2. The largest absolute Gasteiger partial charge is 0.494 e.